The molecule has 2 rings (SSSR count). The molecule has 104 valence electrons. The van der Waals surface area contributed by atoms with Crippen LogP contribution in [0.1, 0.15) is 5.56 Å². The fourth-order valence-corrected chi connectivity index (χ4v) is 2.11. The van der Waals surface area contributed by atoms with Crippen molar-refractivity contribution in [2.24, 2.45) is 0 Å². The molecule has 0 atom stereocenters. The lowest BCUT2D eigenvalue weighted by molar-refractivity contribution is -0.120. The minimum absolute atomic E-state index is 0.146. The summed E-state index contributed by atoms with van der Waals surface area (Å²) < 4.78 is 0. The molecule has 1 aromatic rings. The SMILES string of the molecule is N#Cc1ccccc1NC(=O)CN1CCN(C=O)CC1. The van der Waals surface area contributed by atoms with E-state index in [0.29, 0.717) is 37.4 Å². The fraction of sp³-hybridized carbons (Fsp3) is 0.357. The van der Waals surface area contributed by atoms with Crippen molar-refractivity contribution in [3.8, 4) is 6.07 Å². The third-order valence-corrected chi connectivity index (χ3v) is 3.24. The molecule has 0 bridgehead atoms. The third-order valence-electron chi connectivity index (χ3n) is 3.24. The maximum absolute atomic E-state index is 12.0. The molecule has 1 aliphatic rings. The van der Waals surface area contributed by atoms with Gasteiger partial charge in [-0.15, -0.1) is 0 Å². The number of rotatable bonds is 4. The van der Waals surface area contributed by atoms with Gasteiger partial charge in [0.05, 0.1) is 17.8 Å². The molecule has 1 fully saturated rings. The van der Waals surface area contributed by atoms with Crippen LogP contribution >= 0.6 is 0 Å². The van der Waals surface area contributed by atoms with Gasteiger partial charge in [0.25, 0.3) is 0 Å². The first-order chi connectivity index (χ1) is 9.72. The number of carbonyl (C=O) groups excluding carboxylic acids is 2. The molecular weight excluding hydrogens is 256 g/mol. The van der Waals surface area contributed by atoms with Gasteiger partial charge in [0.2, 0.25) is 12.3 Å². The Kier molecular flexibility index (Phi) is 4.69. The van der Waals surface area contributed by atoms with Crippen molar-refractivity contribution >= 4 is 18.0 Å². The normalized spacial score (nSPS) is 15.4. The Morgan fingerprint density at radius 3 is 2.65 bits per heavy atom. The average Bonchev–Trinajstić information content (AvgIpc) is 2.48. The van der Waals surface area contributed by atoms with Crippen LogP contribution in [0.3, 0.4) is 0 Å². The number of nitrogens with zero attached hydrogens (tertiary/aromatic N) is 3. The smallest absolute Gasteiger partial charge is 0.238 e. The first-order valence-electron chi connectivity index (χ1n) is 6.43. The summed E-state index contributed by atoms with van der Waals surface area (Å²) in [6, 6.07) is 8.95. The number of benzene rings is 1. The van der Waals surface area contributed by atoms with Crippen LogP contribution in [-0.4, -0.2) is 54.8 Å². The van der Waals surface area contributed by atoms with Gasteiger partial charge < -0.3 is 10.2 Å². The lowest BCUT2D eigenvalue weighted by Gasteiger charge is -2.31. The van der Waals surface area contributed by atoms with E-state index in [9.17, 15) is 9.59 Å². The Morgan fingerprint density at radius 1 is 1.30 bits per heavy atom. The van der Waals surface area contributed by atoms with E-state index >= 15 is 0 Å². The number of nitriles is 1. The Morgan fingerprint density at radius 2 is 2.00 bits per heavy atom. The molecule has 0 unspecified atom stereocenters. The van der Waals surface area contributed by atoms with Crippen molar-refractivity contribution in [3.63, 3.8) is 0 Å². The summed E-state index contributed by atoms with van der Waals surface area (Å²) in [5.41, 5.74) is 0.984. The summed E-state index contributed by atoms with van der Waals surface area (Å²) in [4.78, 5) is 26.2. The molecule has 1 N–H and O–H groups in total. The second kappa shape index (κ2) is 6.68. The monoisotopic (exact) mass is 272 g/mol. The highest BCUT2D eigenvalue weighted by Crippen LogP contribution is 2.13. The molecule has 0 aromatic heterocycles. The summed E-state index contributed by atoms with van der Waals surface area (Å²) >= 11 is 0. The predicted octanol–water partition coefficient (Wildman–Crippen LogP) is 0.271. The number of carbonyl (C=O) groups is 2. The zero-order valence-corrected chi connectivity index (χ0v) is 11.1. The number of hydrogen-bond donors (Lipinski definition) is 1. The van der Waals surface area contributed by atoms with Gasteiger partial charge in [0, 0.05) is 26.2 Å². The van der Waals surface area contributed by atoms with Crippen molar-refractivity contribution in [1.82, 2.24) is 9.80 Å². The largest absolute Gasteiger partial charge is 0.343 e. The predicted molar refractivity (Wildman–Crippen MR) is 73.9 cm³/mol. The Hall–Kier alpha value is -2.39. The third kappa shape index (κ3) is 3.56. The molecule has 1 aliphatic heterocycles. The second-order valence-electron chi connectivity index (χ2n) is 4.62. The zero-order valence-electron chi connectivity index (χ0n) is 11.1. The molecule has 6 heteroatoms. The van der Waals surface area contributed by atoms with Gasteiger partial charge in [-0.1, -0.05) is 12.1 Å². The van der Waals surface area contributed by atoms with Crippen LogP contribution in [0.5, 0.6) is 0 Å². The minimum atomic E-state index is -0.146. The lowest BCUT2D eigenvalue weighted by Crippen LogP contribution is -2.48. The van der Waals surface area contributed by atoms with E-state index in [1.165, 1.54) is 0 Å². The van der Waals surface area contributed by atoms with Gasteiger partial charge in [-0.05, 0) is 12.1 Å². The number of hydrogen-bond acceptors (Lipinski definition) is 4. The van der Waals surface area contributed by atoms with E-state index in [0.717, 1.165) is 6.41 Å². The van der Waals surface area contributed by atoms with Crippen molar-refractivity contribution in [3.05, 3.63) is 29.8 Å². The summed E-state index contributed by atoms with van der Waals surface area (Å²) in [7, 11) is 0. The quantitative estimate of drug-likeness (QED) is 0.798. The average molecular weight is 272 g/mol. The molecule has 1 aromatic carbocycles. The van der Waals surface area contributed by atoms with Gasteiger partial charge in [-0.2, -0.15) is 5.26 Å². The maximum Gasteiger partial charge on any atom is 0.238 e. The van der Waals surface area contributed by atoms with Crippen molar-refractivity contribution in [2.75, 3.05) is 38.0 Å². The highest BCUT2D eigenvalue weighted by molar-refractivity contribution is 5.93. The van der Waals surface area contributed by atoms with Crippen LogP contribution in [0.15, 0.2) is 24.3 Å². The molecule has 6 nitrogen and oxygen atoms in total. The van der Waals surface area contributed by atoms with E-state index in [4.69, 9.17) is 5.26 Å². The zero-order chi connectivity index (χ0) is 14.4. The molecule has 1 saturated heterocycles. The fourth-order valence-electron chi connectivity index (χ4n) is 2.11. The molecule has 0 saturated carbocycles. The van der Waals surface area contributed by atoms with Gasteiger partial charge in [0.1, 0.15) is 6.07 Å². The summed E-state index contributed by atoms with van der Waals surface area (Å²) in [6.45, 7) is 2.93. The van der Waals surface area contributed by atoms with Gasteiger partial charge in [-0.25, -0.2) is 0 Å². The van der Waals surface area contributed by atoms with Crippen LogP contribution in [0, 0.1) is 11.3 Å². The van der Waals surface area contributed by atoms with E-state index in [1.807, 2.05) is 11.0 Å². The molecule has 0 spiro atoms. The van der Waals surface area contributed by atoms with E-state index < -0.39 is 0 Å². The number of amides is 2. The molecule has 1 heterocycles. The van der Waals surface area contributed by atoms with E-state index in [2.05, 4.69) is 5.32 Å². The summed E-state index contributed by atoms with van der Waals surface area (Å²) in [5, 5.41) is 11.7. The minimum Gasteiger partial charge on any atom is -0.343 e. The van der Waals surface area contributed by atoms with E-state index in [1.54, 1.807) is 29.2 Å². The van der Waals surface area contributed by atoms with Crippen LogP contribution in [0.2, 0.25) is 0 Å². The molecule has 0 aliphatic carbocycles. The van der Waals surface area contributed by atoms with Gasteiger partial charge in [0.15, 0.2) is 0 Å². The Balaban J connectivity index is 1.87. The summed E-state index contributed by atoms with van der Waals surface area (Å²) in [5.74, 6) is -0.146. The van der Waals surface area contributed by atoms with Crippen LogP contribution < -0.4 is 5.32 Å². The van der Waals surface area contributed by atoms with Crippen LogP contribution in [-0.2, 0) is 9.59 Å². The highest BCUT2D eigenvalue weighted by Gasteiger charge is 2.18. The topological polar surface area (TPSA) is 76.4 Å². The van der Waals surface area contributed by atoms with Crippen molar-refractivity contribution in [1.29, 1.82) is 5.26 Å². The number of para-hydroxylation sites is 1. The van der Waals surface area contributed by atoms with Crippen LogP contribution in [0.4, 0.5) is 5.69 Å². The van der Waals surface area contributed by atoms with Crippen LogP contribution in [0.25, 0.3) is 0 Å². The maximum atomic E-state index is 12.0. The molecule has 20 heavy (non-hydrogen) atoms. The highest BCUT2D eigenvalue weighted by atomic mass is 16.2. The standard InChI is InChI=1S/C14H16N4O2/c15-9-12-3-1-2-4-13(12)16-14(20)10-17-5-7-18(11-19)8-6-17/h1-4,11H,5-8,10H2,(H,16,20). The summed E-state index contributed by atoms with van der Waals surface area (Å²) in [6.07, 6.45) is 0.834. The Labute approximate surface area is 117 Å². The first-order valence-corrected chi connectivity index (χ1v) is 6.43. The van der Waals surface area contributed by atoms with E-state index in [-0.39, 0.29) is 12.5 Å². The number of nitrogens with one attached hydrogen (secondary N) is 1. The number of anilines is 1. The Bertz CT molecular complexity index is 530. The van der Waals surface area contributed by atoms with Gasteiger partial charge >= 0.3 is 0 Å². The number of piperazine rings is 1. The molecular formula is C14H16N4O2. The lowest BCUT2D eigenvalue weighted by atomic mass is 10.2. The first kappa shape index (κ1) is 14.0. The molecule has 2 amide bonds. The molecule has 0 radical (unpaired) electrons. The second-order valence-corrected chi connectivity index (χ2v) is 4.62. The van der Waals surface area contributed by atoms with Gasteiger partial charge in [-0.3, -0.25) is 14.5 Å². The van der Waals surface area contributed by atoms with Crippen molar-refractivity contribution in [2.45, 2.75) is 0 Å². The van der Waals surface area contributed by atoms with Crippen molar-refractivity contribution < 1.29 is 9.59 Å².